The van der Waals surface area contributed by atoms with Gasteiger partial charge in [-0.15, -0.1) is 0 Å². The molecular formula is C19H17Cl2N3O. The molecule has 1 atom stereocenters. The van der Waals surface area contributed by atoms with Crippen molar-refractivity contribution in [2.75, 3.05) is 14.1 Å². The Morgan fingerprint density at radius 2 is 1.88 bits per heavy atom. The predicted molar refractivity (Wildman–Crippen MR) is 99.5 cm³/mol. The highest BCUT2D eigenvalue weighted by Crippen LogP contribution is 2.47. The number of halogens is 2. The van der Waals surface area contributed by atoms with Crippen molar-refractivity contribution in [3.8, 4) is 5.69 Å². The van der Waals surface area contributed by atoms with Crippen molar-refractivity contribution in [2.24, 2.45) is 0 Å². The molecule has 25 heavy (non-hydrogen) atoms. The number of rotatable bonds is 3. The number of aliphatic hydroxyl groups is 1. The van der Waals surface area contributed by atoms with Crippen LogP contribution in [0.25, 0.3) is 5.69 Å². The van der Waals surface area contributed by atoms with Gasteiger partial charge in [-0.25, -0.2) is 4.98 Å². The Hall–Kier alpha value is -1.85. The van der Waals surface area contributed by atoms with Gasteiger partial charge < -0.3 is 10.0 Å². The second kappa shape index (κ2) is 5.85. The van der Waals surface area contributed by atoms with E-state index in [1.807, 2.05) is 60.1 Å². The lowest BCUT2D eigenvalue weighted by atomic mass is 9.87. The Balaban J connectivity index is 2.00. The van der Waals surface area contributed by atoms with Crippen LogP contribution in [0.4, 0.5) is 0 Å². The standard InChI is InChI=1S/C19H17Cl2N3O/c1-23(2)10-13-11-24-17-8-7-12(20)9-15(17)19(25,18(24)22-13)14-5-3-4-6-16(14)21/h3-9,11,25H,10H2,1-2H3. The Labute approximate surface area is 156 Å². The third-order valence-electron chi connectivity index (χ3n) is 4.43. The van der Waals surface area contributed by atoms with E-state index in [1.165, 1.54) is 0 Å². The SMILES string of the molecule is CN(C)Cc1cn2c(n1)C(O)(c1ccccc1Cl)c1cc(Cl)ccc1-2. The molecule has 1 N–H and O–H groups in total. The minimum absolute atomic E-state index is 0.488. The van der Waals surface area contributed by atoms with Gasteiger partial charge in [0.05, 0.1) is 11.4 Å². The van der Waals surface area contributed by atoms with Gasteiger partial charge in [-0.05, 0) is 38.4 Å². The van der Waals surface area contributed by atoms with Crippen molar-refractivity contribution in [1.82, 2.24) is 14.5 Å². The van der Waals surface area contributed by atoms with Gasteiger partial charge in [0, 0.05) is 33.9 Å². The van der Waals surface area contributed by atoms with Crippen LogP contribution in [0.2, 0.25) is 10.0 Å². The fraction of sp³-hybridized carbons (Fsp3) is 0.211. The van der Waals surface area contributed by atoms with Crippen LogP contribution in [-0.4, -0.2) is 33.7 Å². The molecule has 4 nitrogen and oxygen atoms in total. The summed E-state index contributed by atoms with van der Waals surface area (Å²) >= 11 is 12.6. The summed E-state index contributed by atoms with van der Waals surface area (Å²) in [7, 11) is 3.97. The average molecular weight is 374 g/mol. The van der Waals surface area contributed by atoms with Crippen molar-refractivity contribution < 1.29 is 5.11 Å². The first-order chi connectivity index (χ1) is 11.9. The van der Waals surface area contributed by atoms with Crippen molar-refractivity contribution in [1.29, 1.82) is 0 Å². The van der Waals surface area contributed by atoms with Gasteiger partial charge in [0.15, 0.2) is 11.4 Å². The van der Waals surface area contributed by atoms with E-state index < -0.39 is 5.60 Å². The Bertz CT molecular complexity index is 967. The Morgan fingerprint density at radius 1 is 1.12 bits per heavy atom. The number of fused-ring (bicyclic) bond motifs is 3. The Kier molecular flexibility index (Phi) is 3.89. The molecule has 1 aromatic heterocycles. The van der Waals surface area contributed by atoms with Crippen LogP contribution < -0.4 is 0 Å². The molecule has 0 amide bonds. The third-order valence-corrected chi connectivity index (χ3v) is 4.99. The van der Waals surface area contributed by atoms with Crippen LogP contribution in [0.15, 0.2) is 48.7 Å². The molecule has 1 aliphatic heterocycles. The topological polar surface area (TPSA) is 41.3 Å². The van der Waals surface area contributed by atoms with E-state index in [9.17, 15) is 5.11 Å². The predicted octanol–water partition coefficient (Wildman–Crippen LogP) is 3.84. The summed E-state index contributed by atoms with van der Waals surface area (Å²) in [5, 5.41) is 12.8. The molecule has 0 saturated heterocycles. The summed E-state index contributed by atoms with van der Waals surface area (Å²) in [4.78, 5) is 6.75. The smallest absolute Gasteiger partial charge is 0.177 e. The van der Waals surface area contributed by atoms with Crippen LogP contribution >= 0.6 is 23.2 Å². The maximum Gasteiger partial charge on any atom is 0.177 e. The van der Waals surface area contributed by atoms with E-state index in [1.54, 1.807) is 12.1 Å². The molecular weight excluding hydrogens is 357 g/mol. The van der Waals surface area contributed by atoms with Gasteiger partial charge in [-0.2, -0.15) is 0 Å². The fourth-order valence-electron chi connectivity index (χ4n) is 3.42. The lowest BCUT2D eigenvalue weighted by Crippen LogP contribution is -2.28. The van der Waals surface area contributed by atoms with Gasteiger partial charge in [0.25, 0.3) is 0 Å². The summed E-state index contributed by atoms with van der Waals surface area (Å²) < 4.78 is 1.92. The minimum Gasteiger partial charge on any atom is -0.373 e. The maximum absolute atomic E-state index is 11.8. The van der Waals surface area contributed by atoms with Crippen molar-refractivity contribution >= 4 is 23.2 Å². The van der Waals surface area contributed by atoms with E-state index >= 15 is 0 Å². The van der Waals surface area contributed by atoms with Crippen LogP contribution in [0.1, 0.15) is 22.6 Å². The monoisotopic (exact) mass is 373 g/mol. The molecule has 6 heteroatoms. The summed E-state index contributed by atoms with van der Waals surface area (Å²) in [5.41, 5.74) is 1.58. The van der Waals surface area contributed by atoms with Gasteiger partial charge in [0.2, 0.25) is 0 Å². The molecule has 2 aromatic carbocycles. The molecule has 3 aromatic rings. The molecule has 0 radical (unpaired) electrons. The van der Waals surface area contributed by atoms with Gasteiger partial charge in [-0.1, -0.05) is 41.4 Å². The molecule has 0 saturated carbocycles. The highest BCUT2D eigenvalue weighted by atomic mass is 35.5. The fourth-order valence-corrected chi connectivity index (χ4v) is 3.86. The summed E-state index contributed by atoms with van der Waals surface area (Å²) in [6.45, 7) is 0.682. The third kappa shape index (κ3) is 2.49. The second-order valence-corrected chi connectivity index (χ2v) is 7.36. The first-order valence-corrected chi connectivity index (χ1v) is 8.68. The summed E-state index contributed by atoms with van der Waals surface area (Å²) in [6, 6.07) is 12.8. The highest BCUT2D eigenvalue weighted by Gasteiger charge is 2.47. The number of hydrogen-bond donors (Lipinski definition) is 1. The number of benzene rings is 2. The van der Waals surface area contributed by atoms with Gasteiger partial charge in [0.1, 0.15) is 0 Å². The summed E-state index contributed by atoms with van der Waals surface area (Å²) in [5.74, 6) is 0.537. The zero-order chi connectivity index (χ0) is 17.8. The van der Waals surface area contributed by atoms with E-state index in [-0.39, 0.29) is 0 Å². The van der Waals surface area contributed by atoms with E-state index in [0.29, 0.717) is 33.5 Å². The van der Waals surface area contributed by atoms with Gasteiger partial charge >= 0.3 is 0 Å². The average Bonchev–Trinajstić information content (AvgIpc) is 3.06. The molecule has 0 fully saturated rings. The van der Waals surface area contributed by atoms with Crippen LogP contribution in [-0.2, 0) is 12.1 Å². The van der Waals surface area contributed by atoms with Crippen molar-refractivity contribution in [3.63, 3.8) is 0 Å². The number of nitrogens with zero attached hydrogens (tertiary/aromatic N) is 3. The van der Waals surface area contributed by atoms with Crippen LogP contribution in [0, 0.1) is 0 Å². The molecule has 0 spiro atoms. The minimum atomic E-state index is -1.44. The van der Waals surface area contributed by atoms with Crippen molar-refractivity contribution in [2.45, 2.75) is 12.1 Å². The van der Waals surface area contributed by atoms with E-state index in [4.69, 9.17) is 28.2 Å². The number of aromatic nitrogens is 2. The molecule has 4 rings (SSSR count). The normalized spacial score (nSPS) is 18.5. The largest absolute Gasteiger partial charge is 0.373 e. The second-order valence-electron chi connectivity index (χ2n) is 6.52. The van der Waals surface area contributed by atoms with Gasteiger partial charge in [-0.3, -0.25) is 4.57 Å². The lowest BCUT2D eigenvalue weighted by molar-refractivity contribution is 0.122. The first kappa shape index (κ1) is 16.6. The molecule has 1 aliphatic rings. The molecule has 0 aliphatic carbocycles. The lowest BCUT2D eigenvalue weighted by Gasteiger charge is -2.24. The number of imidazole rings is 1. The van der Waals surface area contributed by atoms with Crippen LogP contribution in [0.5, 0.6) is 0 Å². The van der Waals surface area contributed by atoms with E-state index in [2.05, 4.69) is 0 Å². The Morgan fingerprint density at radius 3 is 2.60 bits per heavy atom. The molecule has 1 unspecified atom stereocenters. The van der Waals surface area contributed by atoms with E-state index in [0.717, 1.165) is 11.4 Å². The highest BCUT2D eigenvalue weighted by molar-refractivity contribution is 6.31. The molecule has 2 heterocycles. The number of hydrogen-bond acceptors (Lipinski definition) is 3. The van der Waals surface area contributed by atoms with Crippen molar-refractivity contribution in [3.05, 3.63) is 81.4 Å². The maximum atomic E-state index is 11.8. The summed E-state index contributed by atoms with van der Waals surface area (Å²) in [6.07, 6.45) is 1.96. The quantitative estimate of drug-likeness (QED) is 0.758. The zero-order valence-electron chi connectivity index (χ0n) is 13.9. The van der Waals surface area contributed by atoms with Crippen LogP contribution in [0.3, 0.4) is 0 Å². The molecule has 128 valence electrons. The first-order valence-electron chi connectivity index (χ1n) is 7.92. The molecule has 0 bridgehead atoms. The zero-order valence-corrected chi connectivity index (χ0v) is 15.4.